The summed E-state index contributed by atoms with van der Waals surface area (Å²) < 4.78 is 3.30. The Morgan fingerprint density at radius 3 is 2.63 bits per heavy atom. The molecule has 1 fully saturated rings. The average molecular weight is 371 g/mol. The molecular formula is C19H25N5O3. The van der Waals surface area contributed by atoms with Crippen LogP contribution in [0.4, 0.5) is 0 Å². The monoisotopic (exact) mass is 371 g/mol. The smallest absolute Gasteiger partial charge is 0.276 e. The summed E-state index contributed by atoms with van der Waals surface area (Å²) in [5.41, 5.74) is 8.02. The van der Waals surface area contributed by atoms with E-state index in [1.54, 1.807) is 26.4 Å². The normalized spacial score (nSPS) is 17.9. The minimum atomic E-state index is -0.286. The number of hydrogen-bond acceptors (Lipinski definition) is 4. The van der Waals surface area contributed by atoms with Gasteiger partial charge in [-0.1, -0.05) is 0 Å². The summed E-state index contributed by atoms with van der Waals surface area (Å²) in [4.78, 5) is 38.4. The van der Waals surface area contributed by atoms with E-state index in [1.807, 2.05) is 0 Å². The average Bonchev–Trinajstić information content (AvgIpc) is 3.06. The van der Waals surface area contributed by atoms with E-state index in [2.05, 4.69) is 5.10 Å². The first kappa shape index (κ1) is 17.8. The maximum Gasteiger partial charge on any atom is 0.276 e. The molecule has 2 amide bonds. The Kier molecular flexibility index (Phi) is 4.72. The summed E-state index contributed by atoms with van der Waals surface area (Å²) in [6.45, 7) is 1.46. The number of carbonyl (C=O) groups is 2. The maximum atomic E-state index is 12.9. The molecule has 0 spiro atoms. The highest BCUT2D eigenvalue weighted by Crippen LogP contribution is 2.22. The second kappa shape index (κ2) is 7.17. The molecule has 2 N–H and O–H groups in total. The van der Waals surface area contributed by atoms with Gasteiger partial charge in [-0.15, -0.1) is 0 Å². The Labute approximate surface area is 156 Å². The molecular weight excluding hydrogens is 346 g/mol. The number of likely N-dealkylation sites (tertiary alicyclic amines) is 1. The predicted octanol–water partition coefficient (Wildman–Crippen LogP) is 0.489. The SMILES string of the molecule is NC(=O)C1CCN(C(=O)CCn2ccn3nc4c(c3c2=O)CCCC4)CC1. The minimum absolute atomic E-state index is 0.0141. The largest absolute Gasteiger partial charge is 0.369 e. The number of aromatic nitrogens is 3. The van der Waals surface area contributed by atoms with Crippen molar-refractivity contribution in [2.75, 3.05) is 13.1 Å². The highest BCUT2D eigenvalue weighted by atomic mass is 16.2. The number of rotatable bonds is 4. The third-order valence-corrected chi connectivity index (χ3v) is 5.85. The minimum Gasteiger partial charge on any atom is -0.369 e. The van der Waals surface area contributed by atoms with Crippen LogP contribution in [0.25, 0.3) is 5.52 Å². The van der Waals surface area contributed by atoms with Crippen LogP contribution in [-0.2, 0) is 29.0 Å². The van der Waals surface area contributed by atoms with Crippen molar-refractivity contribution in [3.8, 4) is 0 Å². The van der Waals surface area contributed by atoms with Crippen LogP contribution >= 0.6 is 0 Å². The Hall–Kier alpha value is -2.64. The first-order valence-electron chi connectivity index (χ1n) is 9.71. The van der Waals surface area contributed by atoms with Crippen molar-refractivity contribution in [1.82, 2.24) is 19.1 Å². The number of fused-ring (bicyclic) bond motifs is 3. The molecule has 0 bridgehead atoms. The van der Waals surface area contributed by atoms with Crippen LogP contribution in [0.3, 0.4) is 0 Å². The fraction of sp³-hybridized carbons (Fsp3) is 0.579. The van der Waals surface area contributed by atoms with E-state index in [0.717, 1.165) is 36.9 Å². The third kappa shape index (κ3) is 3.36. The summed E-state index contributed by atoms with van der Waals surface area (Å²) in [7, 11) is 0. The molecule has 4 rings (SSSR count). The first-order valence-corrected chi connectivity index (χ1v) is 9.71. The first-order chi connectivity index (χ1) is 13.0. The number of nitrogens with zero attached hydrogens (tertiary/aromatic N) is 4. The van der Waals surface area contributed by atoms with Crippen LogP contribution in [0.2, 0.25) is 0 Å². The van der Waals surface area contributed by atoms with Crippen LogP contribution < -0.4 is 11.3 Å². The van der Waals surface area contributed by atoms with E-state index >= 15 is 0 Å². The zero-order chi connectivity index (χ0) is 19.0. The molecule has 0 saturated carbocycles. The summed E-state index contributed by atoms with van der Waals surface area (Å²) in [5.74, 6) is -0.404. The summed E-state index contributed by atoms with van der Waals surface area (Å²) >= 11 is 0. The fourth-order valence-electron chi connectivity index (χ4n) is 4.22. The number of primary amides is 1. The Morgan fingerprint density at radius 1 is 1.15 bits per heavy atom. The third-order valence-electron chi connectivity index (χ3n) is 5.85. The van der Waals surface area contributed by atoms with Crippen molar-refractivity contribution < 1.29 is 9.59 Å². The molecule has 27 heavy (non-hydrogen) atoms. The van der Waals surface area contributed by atoms with Crippen molar-refractivity contribution >= 4 is 17.3 Å². The molecule has 144 valence electrons. The van der Waals surface area contributed by atoms with Gasteiger partial charge in [-0.25, -0.2) is 4.52 Å². The second-order valence-corrected chi connectivity index (χ2v) is 7.53. The molecule has 2 aromatic rings. The van der Waals surface area contributed by atoms with Gasteiger partial charge in [0.05, 0.1) is 5.69 Å². The van der Waals surface area contributed by atoms with Crippen LogP contribution in [0.15, 0.2) is 17.2 Å². The Bertz CT molecular complexity index is 937. The highest BCUT2D eigenvalue weighted by molar-refractivity contribution is 5.78. The zero-order valence-corrected chi connectivity index (χ0v) is 15.4. The van der Waals surface area contributed by atoms with Gasteiger partial charge in [0.25, 0.3) is 5.56 Å². The van der Waals surface area contributed by atoms with Crippen molar-refractivity contribution in [1.29, 1.82) is 0 Å². The second-order valence-electron chi connectivity index (χ2n) is 7.53. The van der Waals surface area contributed by atoms with E-state index in [4.69, 9.17) is 5.73 Å². The zero-order valence-electron chi connectivity index (χ0n) is 15.4. The van der Waals surface area contributed by atoms with Crippen molar-refractivity contribution in [3.63, 3.8) is 0 Å². The van der Waals surface area contributed by atoms with Gasteiger partial charge in [0.2, 0.25) is 11.8 Å². The summed E-state index contributed by atoms with van der Waals surface area (Å²) in [5, 5.41) is 4.54. The topological polar surface area (TPSA) is 103 Å². The molecule has 8 nitrogen and oxygen atoms in total. The molecule has 1 saturated heterocycles. The van der Waals surface area contributed by atoms with Crippen molar-refractivity contribution in [2.45, 2.75) is 51.5 Å². The molecule has 1 aliphatic carbocycles. The van der Waals surface area contributed by atoms with Gasteiger partial charge >= 0.3 is 0 Å². The number of nitrogens with two attached hydrogens (primary N) is 1. The molecule has 0 radical (unpaired) electrons. The van der Waals surface area contributed by atoms with Gasteiger partial charge < -0.3 is 15.2 Å². The van der Waals surface area contributed by atoms with Crippen LogP contribution in [0, 0.1) is 5.92 Å². The summed E-state index contributed by atoms with van der Waals surface area (Å²) in [6.07, 6.45) is 9.05. The fourth-order valence-corrected chi connectivity index (χ4v) is 4.22. The lowest BCUT2D eigenvalue weighted by atomic mass is 9.96. The quantitative estimate of drug-likeness (QED) is 0.845. The molecule has 0 unspecified atom stereocenters. The lowest BCUT2D eigenvalue weighted by Gasteiger charge is -2.30. The summed E-state index contributed by atoms with van der Waals surface area (Å²) in [6, 6.07) is 0. The van der Waals surface area contributed by atoms with Gasteiger partial charge in [0, 0.05) is 49.9 Å². The van der Waals surface area contributed by atoms with E-state index in [1.165, 1.54) is 0 Å². The predicted molar refractivity (Wildman–Crippen MR) is 99.2 cm³/mol. The van der Waals surface area contributed by atoms with Gasteiger partial charge in [0.15, 0.2) is 0 Å². The van der Waals surface area contributed by atoms with Crippen molar-refractivity contribution in [3.05, 3.63) is 34.0 Å². The van der Waals surface area contributed by atoms with Crippen LogP contribution in [0.5, 0.6) is 0 Å². The maximum absolute atomic E-state index is 12.9. The molecule has 8 heteroatoms. The van der Waals surface area contributed by atoms with Gasteiger partial charge in [0.1, 0.15) is 5.52 Å². The van der Waals surface area contributed by atoms with Gasteiger partial charge in [-0.2, -0.15) is 5.10 Å². The Morgan fingerprint density at radius 2 is 1.89 bits per heavy atom. The van der Waals surface area contributed by atoms with E-state index in [0.29, 0.717) is 38.0 Å². The van der Waals surface area contributed by atoms with Crippen LogP contribution in [0.1, 0.15) is 43.4 Å². The number of piperidine rings is 1. The highest BCUT2D eigenvalue weighted by Gasteiger charge is 2.26. The molecule has 0 aromatic carbocycles. The number of hydrogen-bond donors (Lipinski definition) is 1. The molecule has 2 aliphatic rings. The van der Waals surface area contributed by atoms with Crippen LogP contribution in [-0.4, -0.2) is 44.0 Å². The molecule has 1 aliphatic heterocycles. The molecule has 0 atom stereocenters. The van der Waals surface area contributed by atoms with E-state index in [9.17, 15) is 14.4 Å². The van der Waals surface area contributed by atoms with Gasteiger partial charge in [-0.3, -0.25) is 14.4 Å². The van der Waals surface area contributed by atoms with Gasteiger partial charge in [-0.05, 0) is 38.5 Å². The number of carbonyl (C=O) groups excluding carboxylic acids is 2. The van der Waals surface area contributed by atoms with E-state index < -0.39 is 0 Å². The van der Waals surface area contributed by atoms with Crippen molar-refractivity contribution in [2.24, 2.45) is 11.7 Å². The lowest BCUT2D eigenvalue weighted by molar-refractivity contribution is -0.135. The molecule has 2 aromatic heterocycles. The molecule has 3 heterocycles. The lowest BCUT2D eigenvalue weighted by Crippen LogP contribution is -2.42. The number of aryl methyl sites for hydroxylation is 3. The standard InChI is InChI=1S/C19H25N5O3/c20-18(26)13-5-8-22(9-6-13)16(25)7-10-23-11-12-24-17(19(23)27)14-3-1-2-4-15(14)21-24/h11-13H,1-10H2,(H2,20,26). The Balaban J connectivity index is 1.45. The van der Waals surface area contributed by atoms with E-state index in [-0.39, 0.29) is 29.7 Å². The number of amides is 2.